The third-order valence-electron chi connectivity index (χ3n) is 8.86. The van der Waals surface area contributed by atoms with Gasteiger partial charge in [0.25, 0.3) is 0 Å². The van der Waals surface area contributed by atoms with Gasteiger partial charge in [0.2, 0.25) is 0 Å². The van der Waals surface area contributed by atoms with Gasteiger partial charge in [0.1, 0.15) is 5.75 Å². The summed E-state index contributed by atoms with van der Waals surface area (Å²) in [5.41, 5.74) is 22.2. The summed E-state index contributed by atoms with van der Waals surface area (Å²) in [5.74, 6) is 0.917. The highest BCUT2D eigenvalue weighted by Crippen LogP contribution is 2.30. The van der Waals surface area contributed by atoms with E-state index in [1.54, 1.807) is 7.11 Å². The van der Waals surface area contributed by atoms with Gasteiger partial charge < -0.3 is 30.9 Å². The molecule has 0 radical (unpaired) electrons. The highest BCUT2D eigenvalue weighted by atomic mass is 16.5. The number of benzene rings is 7. The molecule has 7 aromatic rings. The molecule has 0 bridgehead atoms. The maximum atomic E-state index is 5.91. The van der Waals surface area contributed by atoms with Crippen LogP contribution in [0.15, 0.2) is 146 Å². The fraction of sp³-hybridized carbons (Fsp3) is 0.191. The molecule has 0 saturated carbocycles. The molecule has 7 aromatic carbocycles. The molecule has 0 spiro atoms. The van der Waals surface area contributed by atoms with Gasteiger partial charge in [0, 0.05) is 92.3 Å². The first kappa shape index (κ1) is 39.6. The number of hydrogen-bond donors (Lipinski definition) is 2. The first-order valence-corrected chi connectivity index (χ1v) is 17.7. The van der Waals surface area contributed by atoms with E-state index >= 15 is 0 Å². The van der Waals surface area contributed by atoms with Gasteiger partial charge in [-0.2, -0.15) is 0 Å². The number of nitrogens with zero attached hydrogens (tertiary/aromatic N) is 3. The minimum Gasteiger partial charge on any atom is -0.497 e. The third-order valence-corrected chi connectivity index (χ3v) is 8.86. The lowest BCUT2D eigenvalue weighted by Crippen LogP contribution is -2.09. The first-order valence-electron chi connectivity index (χ1n) is 17.7. The van der Waals surface area contributed by atoms with Crippen LogP contribution in [-0.2, 0) is 0 Å². The Morgan fingerprint density at radius 1 is 0.396 bits per heavy atom. The summed E-state index contributed by atoms with van der Waals surface area (Å²) in [5, 5.41) is 4.66. The number of ether oxygens (including phenoxy) is 1. The van der Waals surface area contributed by atoms with Crippen molar-refractivity contribution in [2.45, 2.75) is 13.8 Å². The number of hydrogen-bond acceptors (Lipinski definition) is 6. The zero-order chi connectivity index (χ0) is 38.5. The van der Waals surface area contributed by atoms with E-state index in [0.717, 1.165) is 27.9 Å². The molecular weight excluding hydrogens is 651 g/mol. The van der Waals surface area contributed by atoms with Crippen LogP contribution in [0.2, 0.25) is 0 Å². The predicted molar refractivity (Wildman–Crippen MR) is 234 cm³/mol. The Balaban J connectivity index is 0.000000161. The maximum Gasteiger partial charge on any atom is 0.118 e. The molecule has 0 amide bonds. The number of nitrogens with two attached hydrogens (primary N) is 2. The van der Waals surface area contributed by atoms with E-state index in [-0.39, 0.29) is 0 Å². The molecule has 0 aromatic heterocycles. The summed E-state index contributed by atoms with van der Waals surface area (Å²) in [6.45, 7) is 4.17. The van der Waals surface area contributed by atoms with Crippen LogP contribution in [-0.4, -0.2) is 49.4 Å². The van der Waals surface area contributed by atoms with Crippen molar-refractivity contribution in [2.75, 3.05) is 75.6 Å². The lowest BCUT2D eigenvalue weighted by molar-refractivity contribution is 0.414. The van der Waals surface area contributed by atoms with Crippen LogP contribution >= 0.6 is 0 Å². The quantitative estimate of drug-likeness (QED) is 0.174. The molecule has 0 unspecified atom stereocenters. The van der Waals surface area contributed by atoms with Crippen LogP contribution in [0.25, 0.3) is 32.7 Å². The molecular formula is C47H55N5O. The van der Waals surface area contributed by atoms with Gasteiger partial charge in [-0.3, -0.25) is 0 Å². The molecule has 4 N–H and O–H groups in total. The molecule has 0 fully saturated rings. The second kappa shape index (κ2) is 18.9. The molecule has 0 heterocycles. The molecule has 0 atom stereocenters. The highest BCUT2D eigenvalue weighted by molar-refractivity contribution is 6.02. The molecule has 0 aliphatic rings. The van der Waals surface area contributed by atoms with Crippen molar-refractivity contribution < 1.29 is 4.74 Å². The molecule has 274 valence electrons. The summed E-state index contributed by atoms with van der Waals surface area (Å²) in [6.07, 6.45) is 0. The molecule has 7 rings (SSSR count). The van der Waals surface area contributed by atoms with Crippen LogP contribution in [0, 0.1) is 13.8 Å². The fourth-order valence-electron chi connectivity index (χ4n) is 5.78. The van der Waals surface area contributed by atoms with Gasteiger partial charge >= 0.3 is 0 Å². The number of nitrogen functional groups attached to an aromatic ring is 2. The summed E-state index contributed by atoms with van der Waals surface area (Å²) in [6, 6.07) is 49.6. The Morgan fingerprint density at radius 3 is 1.32 bits per heavy atom. The maximum absolute atomic E-state index is 5.91. The van der Waals surface area contributed by atoms with Crippen molar-refractivity contribution in [2.24, 2.45) is 0 Å². The van der Waals surface area contributed by atoms with Gasteiger partial charge in [0.15, 0.2) is 0 Å². The van der Waals surface area contributed by atoms with Crippen LogP contribution in [0.5, 0.6) is 5.75 Å². The van der Waals surface area contributed by atoms with E-state index in [2.05, 4.69) is 128 Å². The van der Waals surface area contributed by atoms with E-state index in [4.69, 9.17) is 16.2 Å². The summed E-state index contributed by atoms with van der Waals surface area (Å²) in [4.78, 5) is 6.31. The lowest BCUT2D eigenvalue weighted by atomic mass is 10.0. The molecule has 0 aliphatic carbocycles. The zero-order valence-electron chi connectivity index (χ0n) is 32.8. The van der Waals surface area contributed by atoms with Gasteiger partial charge in [-0.15, -0.1) is 0 Å². The first-order chi connectivity index (χ1) is 25.4. The summed E-state index contributed by atoms with van der Waals surface area (Å²) < 4.78 is 4.97. The van der Waals surface area contributed by atoms with Gasteiger partial charge in [-0.25, -0.2) is 0 Å². The van der Waals surface area contributed by atoms with Crippen molar-refractivity contribution in [3.05, 3.63) is 157 Å². The Morgan fingerprint density at radius 2 is 0.811 bits per heavy atom. The number of fused-ring (bicyclic) bond motifs is 2. The smallest absolute Gasteiger partial charge is 0.118 e. The molecule has 0 aliphatic heterocycles. The normalized spacial score (nSPS) is 10.1. The van der Waals surface area contributed by atoms with Crippen LogP contribution in [0.3, 0.4) is 0 Å². The highest BCUT2D eigenvalue weighted by Gasteiger charge is 2.05. The van der Waals surface area contributed by atoms with E-state index in [1.165, 1.54) is 50.1 Å². The fourth-order valence-corrected chi connectivity index (χ4v) is 5.78. The standard InChI is InChI=1S/C15H17N.2C12H14N2.C8H10O/c1-12-4-6-13(7-5-12)14-8-10-15(11-9-14)16(2)3;1-14(2)12-8-4-5-9-10(12)6-3-7-11(9)13;1-14(2)12-8-7-11(13)9-5-3-4-6-10(9)12;1-7-3-5-8(9-2)6-4-7/h4-11H,1-3H3;2*3-8H,13H2,1-2H3;3-6H,1-2H3. The second-order valence-corrected chi connectivity index (χ2v) is 13.6. The molecule has 6 heteroatoms. The van der Waals surface area contributed by atoms with Crippen molar-refractivity contribution in [1.82, 2.24) is 0 Å². The summed E-state index contributed by atoms with van der Waals surface area (Å²) >= 11 is 0. The summed E-state index contributed by atoms with van der Waals surface area (Å²) in [7, 11) is 13.9. The van der Waals surface area contributed by atoms with Crippen molar-refractivity contribution >= 4 is 50.0 Å². The number of methoxy groups -OCH3 is 1. The Hall–Kier alpha value is -6.14. The average Bonchev–Trinajstić information content (AvgIpc) is 3.16. The van der Waals surface area contributed by atoms with E-state index in [9.17, 15) is 0 Å². The molecule has 0 saturated heterocycles. The molecule has 53 heavy (non-hydrogen) atoms. The minimum absolute atomic E-state index is 0.839. The Kier molecular flexibility index (Phi) is 14.1. The van der Waals surface area contributed by atoms with Gasteiger partial charge in [0.05, 0.1) is 7.11 Å². The number of anilines is 5. The largest absolute Gasteiger partial charge is 0.497 e. The monoisotopic (exact) mass is 705 g/mol. The Labute approximate surface area is 316 Å². The van der Waals surface area contributed by atoms with Crippen molar-refractivity contribution in [3.8, 4) is 16.9 Å². The topological polar surface area (TPSA) is 71.0 Å². The predicted octanol–water partition coefficient (Wildman–Crippen LogP) is 10.7. The van der Waals surface area contributed by atoms with Gasteiger partial charge in [-0.1, -0.05) is 108 Å². The number of rotatable bonds is 5. The van der Waals surface area contributed by atoms with E-state index in [1.807, 2.05) is 88.9 Å². The third kappa shape index (κ3) is 10.9. The van der Waals surface area contributed by atoms with E-state index in [0.29, 0.717) is 0 Å². The van der Waals surface area contributed by atoms with Crippen molar-refractivity contribution in [3.63, 3.8) is 0 Å². The Bertz CT molecular complexity index is 2130. The van der Waals surface area contributed by atoms with Crippen LogP contribution in [0.1, 0.15) is 11.1 Å². The van der Waals surface area contributed by atoms with Gasteiger partial charge in [-0.05, 0) is 73.5 Å². The second-order valence-electron chi connectivity index (χ2n) is 13.6. The minimum atomic E-state index is 0.839. The SMILES string of the molecule is CN(C)c1ccc(N)c2ccccc12.CN(C)c1cccc2c(N)cccc12.COc1ccc(C)cc1.Cc1ccc(-c2ccc(N(C)C)cc2)cc1. The average molecular weight is 706 g/mol. The van der Waals surface area contributed by atoms with Crippen LogP contribution < -0.4 is 30.9 Å². The van der Waals surface area contributed by atoms with E-state index < -0.39 is 0 Å². The number of aryl methyl sites for hydroxylation is 2. The van der Waals surface area contributed by atoms with Crippen molar-refractivity contribution in [1.29, 1.82) is 0 Å². The lowest BCUT2D eigenvalue weighted by Gasteiger charge is -2.16. The zero-order valence-corrected chi connectivity index (χ0v) is 32.8. The molecule has 6 nitrogen and oxygen atoms in total. The van der Waals surface area contributed by atoms with Crippen LogP contribution in [0.4, 0.5) is 28.4 Å².